The van der Waals surface area contributed by atoms with E-state index in [1.807, 2.05) is 43.3 Å². The summed E-state index contributed by atoms with van der Waals surface area (Å²) in [6.45, 7) is 4.18. The first kappa shape index (κ1) is 13.9. The van der Waals surface area contributed by atoms with Gasteiger partial charge in [0.15, 0.2) is 0 Å². The van der Waals surface area contributed by atoms with Crippen LogP contribution in [-0.4, -0.2) is 20.6 Å². The first-order chi connectivity index (χ1) is 9.81. The van der Waals surface area contributed by atoms with Gasteiger partial charge >= 0.3 is 0 Å². The van der Waals surface area contributed by atoms with Gasteiger partial charge in [0.05, 0.1) is 0 Å². The van der Waals surface area contributed by atoms with Crippen molar-refractivity contribution in [2.75, 3.05) is 0 Å². The minimum Gasteiger partial charge on any atom is -0.177 e. The van der Waals surface area contributed by atoms with Gasteiger partial charge in [-0.15, -0.1) is 10.2 Å². The molecule has 0 aliphatic rings. The second-order valence-electron chi connectivity index (χ2n) is 4.45. The molecule has 1 atom stereocenters. The predicted molar refractivity (Wildman–Crippen MR) is 81.8 cm³/mol. The molecular formula is C16H18N4. The third-order valence-electron chi connectivity index (χ3n) is 2.84. The average molecular weight is 266 g/mol. The van der Waals surface area contributed by atoms with E-state index in [0.29, 0.717) is 11.7 Å². The quantitative estimate of drug-likeness (QED) is 0.664. The molecule has 1 heterocycles. The first-order valence-electron chi connectivity index (χ1n) is 6.62. The zero-order valence-corrected chi connectivity index (χ0v) is 11.7. The van der Waals surface area contributed by atoms with Gasteiger partial charge in [-0.05, 0) is 23.6 Å². The van der Waals surface area contributed by atoms with Crippen molar-refractivity contribution in [3.63, 3.8) is 0 Å². The maximum absolute atomic E-state index is 4.02. The third kappa shape index (κ3) is 3.75. The Balaban J connectivity index is 2.14. The van der Waals surface area contributed by atoms with Gasteiger partial charge < -0.3 is 0 Å². The van der Waals surface area contributed by atoms with Gasteiger partial charge in [-0.25, -0.2) is 0 Å². The van der Waals surface area contributed by atoms with Crippen LogP contribution in [0.4, 0.5) is 0 Å². The summed E-state index contributed by atoms with van der Waals surface area (Å²) in [6.07, 6.45) is 12.5. The fraction of sp³-hybridized carbons (Fsp3) is 0.188. The number of hydrogen-bond acceptors (Lipinski definition) is 3. The minimum absolute atomic E-state index is 0.442. The number of H-pyrrole nitrogens is 1. The lowest BCUT2D eigenvalue weighted by Gasteiger charge is -2.00. The van der Waals surface area contributed by atoms with E-state index in [4.69, 9.17) is 0 Å². The number of benzene rings is 1. The Morgan fingerprint density at radius 1 is 1.15 bits per heavy atom. The van der Waals surface area contributed by atoms with E-state index in [-0.39, 0.29) is 0 Å². The largest absolute Gasteiger partial charge is 0.205 e. The SMILES string of the molecule is C/C=C\C(C)C=C/C=C/c1ccccc1-c1nn[nH]n1. The van der Waals surface area contributed by atoms with E-state index in [1.165, 1.54) is 0 Å². The Morgan fingerprint density at radius 3 is 2.75 bits per heavy atom. The van der Waals surface area contributed by atoms with Gasteiger partial charge in [0, 0.05) is 5.56 Å². The highest BCUT2D eigenvalue weighted by Gasteiger charge is 2.05. The third-order valence-corrected chi connectivity index (χ3v) is 2.84. The molecule has 0 amide bonds. The summed E-state index contributed by atoms with van der Waals surface area (Å²) >= 11 is 0. The van der Waals surface area contributed by atoms with Crippen LogP contribution in [0, 0.1) is 5.92 Å². The molecule has 1 aromatic carbocycles. The van der Waals surface area contributed by atoms with Crippen LogP contribution >= 0.6 is 0 Å². The predicted octanol–water partition coefficient (Wildman–Crippen LogP) is 3.65. The molecule has 102 valence electrons. The molecule has 0 spiro atoms. The Labute approximate surface area is 118 Å². The van der Waals surface area contributed by atoms with Crippen LogP contribution in [0.25, 0.3) is 17.5 Å². The highest BCUT2D eigenvalue weighted by molar-refractivity contribution is 5.70. The van der Waals surface area contributed by atoms with Gasteiger partial charge in [0.2, 0.25) is 5.82 Å². The van der Waals surface area contributed by atoms with Crippen molar-refractivity contribution in [1.82, 2.24) is 20.6 Å². The molecule has 1 aromatic heterocycles. The highest BCUT2D eigenvalue weighted by Crippen LogP contribution is 2.20. The average Bonchev–Trinajstić information content (AvgIpc) is 2.98. The summed E-state index contributed by atoms with van der Waals surface area (Å²) in [7, 11) is 0. The Hall–Kier alpha value is -2.49. The summed E-state index contributed by atoms with van der Waals surface area (Å²) < 4.78 is 0. The maximum Gasteiger partial charge on any atom is 0.205 e. The summed E-state index contributed by atoms with van der Waals surface area (Å²) in [5, 5.41) is 14.1. The van der Waals surface area contributed by atoms with Crippen molar-refractivity contribution in [2.45, 2.75) is 13.8 Å². The van der Waals surface area contributed by atoms with Crippen LogP contribution < -0.4 is 0 Å². The minimum atomic E-state index is 0.442. The summed E-state index contributed by atoms with van der Waals surface area (Å²) in [5.74, 6) is 1.05. The number of nitrogens with one attached hydrogen (secondary N) is 1. The zero-order chi connectivity index (χ0) is 14.2. The number of tetrazole rings is 1. The fourth-order valence-corrected chi connectivity index (χ4v) is 1.89. The van der Waals surface area contributed by atoms with Gasteiger partial charge in [-0.3, -0.25) is 0 Å². The van der Waals surface area contributed by atoms with Crippen molar-refractivity contribution in [1.29, 1.82) is 0 Å². The molecule has 2 rings (SSSR count). The molecule has 2 aromatic rings. The van der Waals surface area contributed by atoms with Crippen LogP contribution in [0.3, 0.4) is 0 Å². The monoisotopic (exact) mass is 266 g/mol. The van der Waals surface area contributed by atoms with Crippen molar-refractivity contribution in [2.24, 2.45) is 5.92 Å². The maximum atomic E-state index is 4.02. The van der Waals surface area contributed by atoms with Crippen LogP contribution in [0.5, 0.6) is 0 Å². The Bertz CT molecular complexity index is 609. The van der Waals surface area contributed by atoms with E-state index in [1.54, 1.807) is 0 Å². The lowest BCUT2D eigenvalue weighted by atomic mass is 10.1. The van der Waals surface area contributed by atoms with Crippen LogP contribution in [0.15, 0.2) is 54.6 Å². The van der Waals surface area contributed by atoms with Gasteiger partial charge in [0.25, 0.3) is 0 Å². The van der Waals surface area contributed by atoms with E-state index in [2.05, 4.69) is 51.9 Å². The molecule has 4 nitrogen and oxygen atoms in total. The number of aromatic amines is 1. The second kappa shape index (κ2) is 7.19. The van der Waals surface area contributed by atoms with Crippen molar-refractivity contribution in [3.05, 3.63) is 60.2 Å². The van der Waals surface area contributed by atoms with E-state index in [0.717, 1.165) is 11.1 Å². The van der Waals surface area contributed by atoms with Gasteiger partial charge in [-0.1, -0.05) is 67.6 Å². The molecule has 0 saturated heterocycles. The van der Waals surface area contributed by atoms with Crippen molar-refractivity contribution in [3.8, 4) is 11.4 Å². The molecule has 0 aliphatic carbocycles. The standard InChI is InChI=1S/C16H18N4/c1-3-8-13(2)9-4-5-10-14-11-6-7-12-15(14)16-17-19-20-18-16/h3-13H,1-2H3,(H,17,18,19,20)/b8-3-,9-4?,10-5+. The summed E-state index contributed by atoms with van der Waals surface area (Å²) in [4.78, 5) is 0. The van der Waals surface area contributed by atoms with Crippen LogP contribution in [0.1, 0.15) is 19.4 Å². The van der Waals surface area contributed by atoms with Crippen LogP contribution in [-0.2, 0) is 0 Å². The fourth-order valence-electron chi connectivity index (χ4n) is 1.89. The number of nitrogens with zero attached hydrogens (tertiary/aromatic N) is 3. The normalized spacial score (nSPS) is 13.7. The Morgan fingerprint density at radius 2 is 2.00 bits per heavy atom. The topological polar surface area (TPSA) is 54.5 Å². The smallest absolute Gasteiger partial charge is 0.177 e. The molecule has 20 heavy (non-hydrogen) atoms. The van der Waals surface area contributed by atoms with Crippen LogP contribution in [0.2, 0.25) is 0 Å². The molecule has 1 N–H and O–H groups in total. The Kier molecular flexibility index (Phi) is 5.00. The number of hydrogen-bond donors (Lipinski definition) is 1. The second-order valence-corrected chi connectivity index (χ2v) is 4.45. The molecule has 4 heteroatoms. The summed E-state index contributed by atoms with van der Waals surface area (Å²) in [6, 6.07) is 7.98. The van der Waals surface area contributed by atoms with E-state index < -0.39 is 0 Å². The lowest BCUT2D eigenvalue weighted by molar-refractivity contribution is 0.881. The number of aromatic nitrogens is 4. The van der Waals surface area contributed by atoms with Gasteiger partial charge in [0.1, 0.15) is 0 Å². The van der Waals surface area contributed by atoms with E-state index >= 15 is 0 Å². The molecule has 0 bridgehead atoms. The molecule has 0 saturated carbocycles. The number of rotatable bonds is 5. The molecule has 0 fully saturated rings. The van der Waals surface area contributed by atoms with Crippen molar-refractivity contribution < 1.29 is 0 Å². The zero-order valence-electron chi connectivity index (χ0n) is 11.7. The van der Waals surface area contributed by atoms with E-state index in [9.17, 15) is 0 Å². The number of allylic oxidation sites excluding steroid dienone is 5. The molecule has 0 radical (unpaired) electrons. The van der Waals surface area contributed by atoms with Crippen molar-refractivity contribution >= 4 is 6.08 Å². The lowest BCUT2D eigenvalue weighted by Crippen LogP contribution is -1.85. The molecule has 1 unspecified atom stereocenters. The first-order valence-corrected chi connectivity index (χ1v) is 6.62. The molecule has 0 aliphatic heterocycles. The molecular weight excluding hydrogens is 248 g/mol. The summed E-state index contributed by atoms with van der Waals surface area (Å²) in [5.41, 5.74) is 2.03. The van der Waals surface area contributed by atoms with Gasteiger partial charge in [-0.2, -0.15) is 5.21 Å². The highest BCUT2D eigenvalue weighted by atomic mass is 15.5.